The molecule has 0 aliphatic carbocycles. The van der Waals surface area contributed by atoms with Crippen LogP contribution >= 0.6 is 0 Å². The van der Waals surface area contributed by atoms with Crippen LogP contribution in [0.15, 0.2) is 36.7 Å². The van der Waals surface area contributed by atoms with Crippen LogP contribution in [-0.2, 0) is 36.5 Å². The first-order valence-electron chi connectivity index (χ1n) is 27.3. The van der Waals surface area contributed by atoms with Gasteiger partial charge in [-0.2, -0.15) is 0 Å². The van der Waals surface area contributed by atoms with Crippen LogP contribution in [0.2, 0.25) is 0 Å². The van der Waals surface area contributed by atoms with Crippen molar-refractivity contribution >= 4 is 0 Å². The molecule has 9 N–H and O–H groups in total. The van der Waals surface area contributed by atoms with Gasteiger partial charge in [0.25, 0.3) is 0 Å². The van der Waals surface area contributed by atoms with Gasteiger partial charge in [0.15, 0.2) is 12.6 Å². The Hall–Kier alpha value is -3.14. The van der Waals surface area contributed by atoms with E-state index in [-0.39, 0.29) is 37.9 Å². The lowest BCUT2D eigenvalue weighted by molar-refractivity contribution is -0.307. The van der Waals surface area contributed by atoms with Gasteiger partial charge >= 0.3 is 0 Å². The molecule has 2 aromatic heterocycles. The van der Waals surface area contributed by atoms with E-state index in [1.165, 1.54) is 18.7 Å². The number of methoxy groups -OCH3 is 1. The molecule has 3 aromatic rings. The fraction of sp³-hybridized carbons (Fsp3) is 0.815. The average molecular weight is 1080 g/mol. The maximum absolute atomic E-state index is 13.0. The van der Waals surface area contributed by atoms with E-state index in [9.17, 15) is 46.0 Å². The molecule has 22 heteroatoms. The Morgan fingerprint density at radius 3 is 2.14 bits per heavy atom. The largest absolute Gasteiger partial charge is 0.396 e. The van der Waals surface area contributed by atoms with Crippen molar-refractivity contribution in [2.24, 2.45) is 23.7 Å². The summed E-state index contributed by atoms with van der Waals surface area (Å²) >= 11 is 0. The second kappa shape index (κ2) is 26.0. The molecule has 1 aromatic carbocycles. The fourth-order valence-corrected chi connectivity index (χ4v) is 12.4. The molecule has 5 heterocycles. The number of hydrogen-bond acceptors (Lipinski definition) is 20. The summed E-state index contributed by atoms with van der Waals surface area (Å²) in [5.74, 6) is -2.27. The smallest absolute Gasteiger partial charge is 0.185 e. The Morgan fingerprint density at radius 1 is 0.855 bits per heavy atom. The van der Waals surface area contributed by atoms with Crippen molar-refractivity contribution in [3.05, 3.63) is 53.6 Å². The molecule has 3 fully saturated rings. The Balaban J connectivity index is 1.24. The van der Waals surface area contributed by atoms with E-state index < -0.39 is 121 Å². The van der Waals surface area contributed by atoms with E-state index in [2.05, 4.69) is 20.6 Å². The molecule has 21 atom stereocenters. The quantitative estimate of drug-likeness (QED) is 0.0983. The molecule has 0 radical (unpaired) electrons. The monoisotopic (exact) mass is 1080 g/mol. The van der Waals surface area contributed by atoms with Crippen LogP contribution in [-0.4, -0.2) is 224 Å². The molecule has 22 nitrogen and oxygen atoms in total. The van der Waals surface area contributed by atoms with Gasteiger partial charge in [-0.15, -0.1) is 10.2 Å². The lowest BCUT2D eigenvalue weighted by Crippen LogP contribution is -2.62. The Kier molecular flexibility index (Phi) is 21.2. The molecule has 76 heavy (non-hydrogen) atoms. The fourth-order valence-electron chi connectivity index (χ4n) is 12.4. The highest BCUT2D eigenvalue weighted by Gasteiger charge is 2.55. The van der Waals surface area contributed by atoms with Crippen LogP contribution in [0.1, 0.15) is 124 Å². The topological polar surface area (TPSA) is 296 Å². The zero-order chi connectivity index (χ0) is 56.2. The van der Waals surface area contributed by atoms with E-state index in [1.54, 1.807) is 55.2 Å². The van der Waals surface area contributed by atoms with Crippen molar-refractivity contribution in [1.29, 1.82) is 0 Å². The minimum absolute atomic E-state index is 0.0403. The standard InChI is InChI=1S/C54H92N8O14/c1-14-43-54(10,71)47(67)34(6)60(12)26-30(2)24-52(8,70)49(32(4)44(33(5)50(69)75-43)42-25-53(9,72-13)48(68)35(7)74-42)76-51-46(66)40(23-31(3)73-51)59(11)21-19-37-28-62(58-55-37)41(29-64)45(65)36-15-17-39(18-16-36)61-27-38(20-22-63)56-57-61/h15-18,27-28,30-35,40-51,63-71H,14,19-26,29H2,1-13H3/t30-,31-,32+,33-,34-,35+,40+,41-,42-,43-,44?,45-,46-,47-,48+,49-,50?,51+,52-,53-,54-/m1/s1. The van der Waals surface area contributed by atoms with Gasteiger partial charge in [-0.05, 0) is 110 Å². The van der Waals surface area contributed by atoms with Crippen LogP contribution in [0.5, 0.6) is 0 Å². The lowest BCUT2D eigenvalue weighted by atomic mass is 9.68. The van der Waals surface area contributed by atoms with Crippen molar-refractivity contribution in [2.45, 2.75) is 210 Å². The highest BCUT2D eigenvalue weighted by Crippen LogP contribution is 2.45. The van der Waals surface area contributed by atoms with Gasteiger partial charge in [0, 0.05) is 70.3 Å². The zero-order valence-electron chi connectivity index (χ0n) is 47.1. The van der Waals surface area contributed by atoms with Crippen molar-refractivity contribution in [3.8, 4) is 5.69 Å². The maximum atomic E-state index is 13.0. The molecule has 6 rings (SSSR count). The summed E-state index contributed by atoms with van der Waals surface area (Å²) in [6.07, 6.45) is -5.79. The van der Waals surface area contributed by atoms with Crippen molar-refractivity contribution < 1.29 is 69.6 Å². The van der Waals surface area contributed by atoms with Gasteiger partial charge in [0.2, 0.25) is 0 Å². The number of aliphatic hydroxyl groups is 9. The molecule has 3 aliphatic rings. The highest BCUT2D eigenvalue weighted by molar-refractivity contribution is 5.35. The number of nitrogens with zero attached hydrogens (tertiary/aromatic N) is 8. The highest BCUT2D eigenvalue weighted by atomic mass is 16.7. The van der Waals surface area contributed by atoms with Crippen LogP contribution in [0.3, 0.4) is 0 Å². The third-order valence-corrected chi connectivity index (χ3v) is 17.2. The Labute approximate surface area is 448 Å². The predicted octanol–water partition coefficient (Wildman–Crippen LogP) is 1.55. The first kappa shape index (κ1) is 62.1. The number of ether oxygens (including phenoxy) is 5. The molecular weight excluding hydrogens is 985 g/mol. The van der Waals surface area contributed by atoms with Crippen molar-refractivity contribution in [3.63, 3.8) is 0 Å². The number of aromatic nitrogens is 6. The summed E-state index contributed by atoms with van der Waals surface area (Å²) in [5.41, 5.74) is -1.93. The van der Waals surface area contributed by atoms with Gasteiger partial charge in [-0.3, -0.25) is 0 Å². The number of hydrogen-bond donors (Lipinski definition) is 9. The summed E-state index contributed by atoms with van der Waals surface area (Å²) in [6.45, 7) is 18.5. The van der Waals surface area contributed by atoms with Gasteiger partial charge in [-0.25, -0.2) is 9.36 Å². The van der Waals surface area contributed by atoms with Crippen LogP contribution < -0.4 is 0 Å². The molecule has 3 aliphatic heterocycles. The Morgan fingerprint density at radius 2 is 1.51 bits per heavy atom. The maximum Gasteiger partial charge on any atom is 0.185 e. The van der Waals surface area contributed by atoms with E-state index in [4.69, 9.17) is 23.7 Å². The number of aliphatic hydroxyl groups excluding tert-OH is 7. The lowest BCUT2D eigenvalue weighted by Gasteiger charge is -2.52. The van der Waals surface area contributed by atoms with Gasteiger partial charge < -0.3 is 79.4 Å². The minimum atomic E-state index is -1.78. The SMILES string of the molecule is CC[C@H]1OC(O)[C@H](C)C([C@H]2C[C@@](C)(OC)[C@@H](O)[C@H](C)O2)[C@H](C)[C@@H](O[C@@H]2O[C@H](C)C[C@H](N(C)CCc3cn([C@H](CO)[C@H](O)c4ccc(-n5cc(CCO)nn5)cc4)nn3)[C@H]2O)[C@](C)(O)C[C@@H](C)CN(C)[C@H](C)[C@@H](O)[C@]1(C)O. The molecule has 2 unspecified atom stereocenters. The van der Waals surface area contributed by atoms with E-state index in [0.29, 0.717) is 55.0 Å². The van der Waals surface area contributed by atoms with Crippen LogP contribution in [0.4, 0.5) is 0 Å². The van der Waals surface area contributed by atoms with Crippen molar-refractivity contribution in [2.75, 3.05) is 47.5 Å². The normalized spacial score (nSPS) is 39.6. The molecule has 0 bridgehead atoms. The molecule has 3 saturated heterocycles. The summed E-state index contributed by atoms with van der Waals surface area (Å²) in [6, 6.07) is 5.16. The average Bonchev–Trinajstić information content (AvgIpc) is 4.06. The molecular formula is C54H92N8O14. The Bertz CT molecular complexity index is 2240. The number of benzene rings is 1. The molecule has 0 spiro atoms. The van der Waals surface area contributed by atoms with Gasteiger partial charge in [0.1, 0.15) is 36.1 Å². The van der Waals surface area contributed by atoms with E-state index in [1.807, 2.05) is 72.4 Å². The minimum Gasteiger partial charge on any atom is -0.396 e. The number of likely N-dealkylation sites (N-methyl/N-ethyl adjacent to an activating group) is 2. The molecule has 0 amide bonds. The van der Waals surface area contributed by atoms with Crippen LogP contribution in [0.25, 0.3) is 5.69 Å². The zero-order valence-corrected chi connectivity index (χ0v) is 47.1. The number of rotatable bonds is 16. The van der Waals surface area contributed by atoms with E-state index >= 15 is 0 Å². The third kappa shape index (κ3) is 13.9. The summed E-state index contributed by atoms with van der Waals surface area (Å²) in [4.78, 5) is 3.95. The van der Waals surface area contributed by atoms with Gasteiger partial charge in [-0.1, -0.05) is 50.3 Å². The summed E-state index contributed by atoms with van der Waals surface area (Å²) in [7, 11) is 5.28. The summed E-state index contributed by atoms with van der Waals surface area (Å²) in [5, 5.41) is 120. The molecule has 0 saturated carbocycles. The predicted molar refractivity (Wildman–Crippen MR) is 280 cm³/mol. The summed E-state index contributed by atoms with van der Waals surface area (Å²) < 4.78 is 35.5. The van der Waals surface area contributed by atoms with Crippen molar-refractivity contribution in [1.82, 2.24) is 39.8 Å². The van der Waals surface area contributed by atoms with Crippen LogP contribution in [0, 0.1) is 23.7 Å². The second-order valence-corrected chi connectivity index (χ2v) is 23.3. The van der Waals surface area contributed by atoms with E-state index in [0.717, 1.165) is 0 Å². The first-order valence-corrected chi connectivity index (χ1v) is 27.3. The third-order valence-electron chi connectivity index (χ3n) is 17.2. The van der Waals surface area contributed by atoms with Gasteiger partial charge in [0.05, 0.1) is 71.6 Å². The molecule has 432 valence electrons. The second-order valence-electron chi connectivity index (χ2n) is 23.3. The first-order chi connectivity index (χ1) is 35.7.